The number of nitrogens with one attached hydrogen (secondary N) is 1. The molecular formula is C25H43N. The Morgan fingerprint density at radius 2 is 1.04 bits per heavy atom. The topological polar surface area (TPSA) is 12.0 Å². The summed E-state index contributed by atoms with van der Waals surface area (Å²) in [6.07, 6.45) is 26.9. The zero-order chi connectivity index (χ0) is 17.8. The molecule has 1 unspecified atom stereocenters. The molecule has 1 nitrogen and oxygen atoms in total. The molecule has 1 atom stereocenters. The van der Waals surface area contributed by atoms with Gasteiger partial charge in [0.15, 0.2) is 0 Å². The maximum Gasteiger partial charge on any atom is 0.00698 e. The first-order chi connectivity index (χ1) is 12.8. The molecule has 1 heteroatoms. The van der Waals surface area contributed by atoms with E-state index in [4.69, 9.17) is 0 Å². The second-order valence-corrected chi connectivity index (χ2v) is 10.5. The molecule has 0 bridgehead atoms. The van der Waals surface area contributed by atoms with Gasteiger partial charge in [-0.05, 0) is 113 Å². The van der Waals surface area contributed by atoms with E-state index < -0.39 is 0 Å². The highest BCUT2D eigenvalue weighted by Crippen LogP contribution is 2.41. The molecule has 4 aliphatic carbocycles. The van der Waals surface area contributed by atoms with Crippen LogP contribution in [0.2, 0.25) is 0 Å². The SMILES string of the molecule is CC1CCC(C2CCC(NC3CCC(C4CC=CCC4)CC3)CC2)CC1. The average Bonchev–Trinajstić information content (AvgIpc) is 2.71. The van der Waals surface area contributed by atoms with Gasteiger partial charge in [0.1, 0.15) is 0 Å². The molecule has 1 N–H and O–H groups in total. The highest BCUT2D eigenvalue weighted by atomic mass is 15.0. The quantitative estimate of drug-likeness (QED) is 0.541. The molecule has 0 aromatic heterocycles. The van der Waals surface area contributed by atoms with E-state index in [9.17, 15) is 0 Å². The standard InChI is InChI=1S/C25H43N/c1-19-7-9-21(10-8-19)23-13-17-25(18-14-23)26-24-15-11-22(12-16-24)20-5-3-2-4-6-20/h2-3,19-26H,4-18H2,1H3. The lowest BCUT2D eigenvalue weighted by atomic mass is 9.70. The van der Waals surface area contributed by atoms with E-state index in [0.717, 1.165) is 41.7 Å². The lowest BCUT2D eigenvalue weighted by Crippen LogP contribution is -2.43. The highest BCUT2D eigenvalue weighted by molar-refractivity contribution is 4.94. The van der Waals surface area contributed by atoms with Crippen LogP contribution in [0.3, 0.4) is 0 Å². The Kier molecular flexibility index (Phi) is 6.78. The van der Waals surface area contributed by atoms with Gasteiger partial charge < -0.3 is 5.32 Å². The van der Waals surface area contributed by atoms with Gasteiger partial charge >= 0.3 is 0 Å². The van der Waals surface area contributed by atoms with Gasteiger partial charge in [-0.25, -0.2) is 0 Å². The Morgan fingerprint density at radius 1 is 0.538 bits per heavy atom. The molecule has 3 fully saturated rings. The van der Waals surface area contributed by atoms with Gasteiger partial charge in [-0.2, -0.15) is 0 Å². The summed E-state index contributed by atoms with van der Waals surface area (Å²) in [5.74, 6) is 5.18. The maximum atomic E-state index is 4.10. The van der Waals surface area contributed by atoms with E-state index in [1.54, 1.807) is 0 Å². The molecule has 4 rings (SSSR count). The van der Waals surface area contributed by atoms with E-state index >= 15 is 0 Å². The van der Waals surface area contributed by atoms with Gasteiger partial charge in [-0.3, -0.25) is 0 Å². The minimum Gasteiger partial charge on any atom is -0.311 e. The molecule has 0 saturated heterocycles. The van der Waals surface area contributed by atoms with Crippen molar-refractivity contribution in [1.82, 2.24) is 5.32 Å². The number of hydrogen-bond donors (Lipinski definition) is 1. The molecule has 4 aliphatic rings. The lowest BCUT2D eigenvalue weighted by molar-refractivity contribution is 0.145. The van der Waals surface area contributed by atoms with Gasteiger partial charge in [0.2, 0.25) is 0 Å². The van der Waals surface area contributed by atoms with Crippen molar-refractivity contribution in [1.29, 1.82) is 0 Å². The van der Waals surface area contributed by atoms with Crippen molar-refractivity contribution in [2.24, 2.45) is 29.6 Å². The molecule has 26 heavy (non-hydrogen) atoms. The smallest absolute Gasteiger partial charge is 0.00698 e. The first-order valence-corrected chi connectivity index (χ1v) is 12.2. The van der Waals surface area contributed by atoms with Crippen molar-refractivity contribution in [3.8, 4) is 0 Å². The van der Waals surface area contributed by atoms with Crippen LogP contribution in [0.25, 0.3) is 0 Å². The Bertz CT molecular complexity index is 431. The first kappa shape index (κ1) is 19.0. The molecule has 0 heterocycles. The highest BCUT2D eigenvalue weighted by Gasteiger charge is 2.32. The Hall–Kier alpha value is -0.300. The summed E-state index contributed by atoms with van der Waals surface area (Å²) in [5.41, 5.74) is 0. The second kappa shape index (κ2) is 9.26. The molecule has 0 aromatic rings. The summed E-state index contributed by atoms with van der Waals surface area (Å²) in [6, 6.07) is 1.68. The number of rotatable bonds is 4. The Morgan fingerprint density at radius 3 is 1.54 bits per heavy atom. The predicted octanol–water partition coefficient (Wildman–Crippen LogP) is 6.88. The number of allylic oxidation sites excluding steroid dienone is 2. The second-order valence-electron chi connectivity index (χ2n) is 10.5. The van der Waals surface area contributed by atoms with E-state index in [1.807, 2.05) is 0 Å². The third-order valence-electron chi connectivity index (χ3n) is 8.72. The van der Waals surface area contributed by atoms with Crippen LogP contribution in [0.4, 0.5) is 0 Å². The van der Waals surface area contributed by atoms with Crippen molar-refractivity contribution in [2.45, 2.75) is 115 Å². The van der Waals surface area contributed by atoms with E-state index in [1.165, 1.54) is 96.3 Å². The average molecular weight is 358 g/mol. The van der Waals surface area contributed by atoms with Crippen LogP contribution in [0.5, 0.6) is 0 Å². The first-order valence-electron chi connectivity index (χ1n) is 12.2. The van der Waals surface area contributed by atoms with E-state index in [0.29, 0.717) is 0 Å². The zero-order valence-electron chi connectivity index (χ0n) is 17.3. The zero-order valence-corrected chi connectivity index (χ0v) is 17.3. The van der Waals surface area contributed by atoms with Crippen molar-refractivity contribution in [3.05, 3.63) is 12.2 Å². The van der Waals surface area contributed by atoms with Crippen LogP contribution < -0.4 is 5.32 Å². The summed E-state index contributed by atoms with van der Waals surface area (Å²) in [4.78, 5) is 0. The third-order valence-corrected chi connectivity index (χ3v) is 8.72. The molecular weight excluding hydrogens is 314 g/mol. The minimum absolute atomic E-state index is 0.836. The summed E-state index contributed by atoms with van der Waals surface area (Å²) in [5, 5.41) is 4.10. The molecule has 0 aromatic carbocycles. The minimum atomic E-state index is 0.836. The van der Waals surface area contributed by atoms with Crippen LogP contribution in [-0.4, -0.2) is 12.1 Å². The molecule has 0 amide bonds. The molecule has 0 aliphatic heterocycles. The van der Waals surface area contributed by atoms with Crippen LogP contribution in [0.1, 0.15) is 103 Å². The van der Waals surface area contributed by atoms with Gasteiger partial charge in [0, 0.05) is 12.1 Å². The van der Waals surface area contributed by atoms with Crippen molar-refractivity contribution in [2.75, 3.05) is 0 Å². The van der Waals surface area contributed by atoms with Gasteiger partial charge in [-0.1, -0.05) is 31.9 Å². The fourth-order valence-corrected chi connectivity index (χ4v) is 6.85. The molecule has 148 valence electrons. The monoisotopic (exact) mass is 357 g/mol. The van der Waals surface area contributed by atoms with Crippen molar-refractivity contribution in [3.63, 3.8) is 0 Å². The molecule has 3 saturated carbocycles. The molecule has 0 spiro atoms. The van der Waals surface area contributed by atoms with Gasteiger partial charge in [-0.15, -0.1) is 0 Å². The molecule has 0 radical (unpaired) electrons. The van der Waals surface area contributed by atoms with Gasteiger partial charge in [0.05, 0.1) is 0 Å². The fraction of sp³-hybridized carbons (Fsp3) is 0.920. The van der Waals surface area contributed by atoms with Crippen molar-refractivity contribution < 1.29 is 0 Å². The van der Waals surface area contributed by atoms with Crippen LogP contribution in [0.15, 0.2) is 12.2 Å². The normalized spacial score (nSPS) is 44.7. The van der Waals surface area contributed by atoms with Crippen LogP contribution in [0, 0.1) is 29.6 Å². The largest absolute Gasteiger partial charge is 0.311 e. The lowest BCUT2D eigenvalue weighted by Gasteiger charge is -2.40. The van der Waals surface area contributed by atoms with E-state index in [-0.39, 0.29) is 0 Å². The summed E-state index contributed by atoms with van der Waals surface area (Å²) in [6.45, 7) is 2.46. The van der Waals surface area contributed by atoms with Crippen LogP contribution >= 0.6 is 0 Å². The Balaban J connectivity index is 1.14. The third kappa shape index (κ3) is 4.94. The van der Waals surface area contributed by atoms with Crippen LogP contribution in [-0.2, 0) is 0 Å². The number of hydrogen-bond acceptors (Lipinski definition) is 1. The fourth-order valence-electron chi connectivity index (χ4n) is 6.85. The van der Waals surface area contributed by atoms with Gasteiger partial charge in [0.25, 0.3) is 0 Å². The van der Waals surface area contributed by atoms with E-state index in [2.05, 4.69) is 24.4 Å². The summed E-state index contributed by atoms with van der Waals surface area (Å²) in [7, 11) is 0. The predicted molar refractivity (Wildman–Crippen MR) is 112 cm³/mol. The summed E-state index contributed by atoms with van der Waals surface area (Å²) >= 11 is 0. The Labute approximate surface area is 162 Å². The summed E-state index contributed by atoms with van der Waals surface area (Å²) < 4.78 is 0. The maximum absolute atomic E-state index is 4.10. The van der Waals surface area contributed by atoms with Crippen molar-refractivity contribution >= 4 is 0 Å².